The number of ether oxygens (including phenoxy) is 2. The van der Waals surface area contributed by atoms with E-state index in [1.807, 2.05) is 36.4 Å². The highest BCUT2D eigenvalue weighted by Crippen LogP contribution is 2.28. The Labute approximate surface area is 196 Å². The molecule has 7 nitrogen and oxygen atoms in total. The molecule has 4 aromatic carbocycles. The van der Waals surface area contributed by atoms with E-state index in [0.717, 1.165) is 16.3 Å². The van der Waals surface area contributed by atoms with Gasteiger partial charge < -0.3 is 14.6 Å². The number of hydrogen-bond acceptors (Lipinski definition) is 5. The third kappa shape index (κ3) is 5.21. The number of carboxylic acids is 1. The number of carbonyl (C=O) groups excluding carboxylic acids is 1. The average molecular weight is 454 g/mol. The Balaban J connectivity index is 1.40. The monoisotopic (exact) mass is 454 g/mol. The van der Waals surface area contributed by atoms with Gasteiger partial charge in [0.15, 0.2) is 11.5 Å². The van der Waals surface area contributed by atoms with Crippen molar-refractivity contribution in [2.45, 2.75) is 6.61 Å². The van der Waals surface area contributed by atoms with E-state index in [1.165, 1.54) is 25.5 Å². The number of hydrogen-bond donors (Lipinski definition) is 2. The lowest BCUT2D eigenvalue weighted by Gasteiger charge is -2.11. The summed E-state index contributed by atoms with van der Waals surface area (Å²) in [6.45, 7) is 0.255. The molecule has 4 rings (SSSR count). The van der Waals surface area contributed by atoms with Crippen LogP contribution in [0, 0.1) is 0 Å². The second kappa shape index (κ2) is 10.3. The van der Waals surface area contributed by atoms with Crippen LogP contribution in [-0.4, -0.2) is 30.3 Å². The minimum Gasteiger partial charge on any atom is -0.493 e. The largest absolute Gasteiger partial charge is 0.493 e. The number of carbonyl (C=O) groups is 2. The van der Waals surface area contributed by atoms with Crippen LogP contribution in [0.5, 0.6) is 11.5 Å². The minimum absolute atomic E-state index is 0.220. The number of rotatable bonds is 8. The quantitative estimate of drug-likeness (QED) is 0.292. The molecule has 0 heterocycles. The summed E-state index contributed by atoms with van der Waals surface area (Å²) in [6, 6.07) is 25.0. The van der Waals surface area contributed by atoms with Gasteiger partial charge in [0.1, 0.15) is 6.61 Å². The fourth-order valence-electron chi connectivity index (χ4n) is 3.44. The summed E-state index contributed by atoms with van der Waals surface area (Å²) < 4.78 is 11.2. The highest BCUT2D eigenvalue weighted by Gasteiger charge is 2.09. The Kier molecular flexibility index (Phi) is 6.84. The van der Waals surface area contributed by atoms with E-state index in [0.29, 0.717) is 22.6 Å². The summed E-state index contributed by atoms with van der Waals surface area (Å²) in [5.41, 5.74) is 4.88. The van der Waals surface area contributed by atoms with Gasteiger partial charge in [-0.05, 0) is 58.3 Å². The average Bonchev–Trinajstić information content (AvgIpc) is 2.87. The molecular weight excluding hydrogens is 432 g/mol. The van der Waals surface area contributed by atoms with Crippen molar-refractivity contribution in [3.63, 3.8) is 0 Å². The molecule has 0 saturated heterocycles. The van der Waals surface area contributed by atoms with Crippen LogP contribution in [0.15, 0.2) is 90.0 Å². The minimum atomic E-state index is -0.972. The second-order valence-electron chi connectivity index (χ2n) is 7.43. The first kappa shape index (κ1) is 22.5. The van der Waals surface area contributed by atoms with Gasteiger partial charge in [0.2, 0.25) is 0 Å². The lowest BCUT2D eigenvalue weighted by atomic mass is 10.0. The normalized spacial score (nSPS) is 10.9. The summed E-state index contributed by atoms with van der Waals surface area (Å²) in [5.74, 6) is -0.234. The lowest BCUT2D eigenvalue weighted by molar-refractivity contribution is 0.0696. The predicted octanol–water partition coefficient (Wildman–Crippen LogP) is 4.89. The molecule has 0 fully saturated rings. The topological polar surface area (TPSA) is 97.2 Å². The Hall–Kier alpha value is -4.65. The number of nitrogens with zero attached hydrogens (tertiary/aromatic N) is 1. The highest BCUT2D eigenvalue weighted by molar-refractivity contribution is 6.07. The van der Waals surface area contributed by atoms with Crippen LogP contribution in [0.1, 0.15) is 31.8 Å². The second-order valence-corrected chi connectivity index (χ2v) is 7.43. The summed E-state index contributed by atoms with van der Waals surface area (Å²) in [4.78, 5) is 23.6. The lowest BCUT2D eigenvalue weighted by Crippen LogP contribution is -2.17. The third-order valence-electron chi connectivity index (χ3n) is 5.20. The zero-order chi connectivity index (χ0) is 23.9. The zero-order valence-corrected chi connectivity index (χ0v) is 18.4. The molecule has 170 valence electrons. The first-order valence-electron chi connectivity index (χ1n) is 10.5. The number of nitrogens with one attached hydrogen (secondary N) is 1. The fourth-order valence-corrected chi connectivity index (χ4v) is 3.44. The predicted molar refractivity (Wildman–Crippen MR) is 130 cm³/mol. The first-order chi connectivity index (χ1) is 16.5. The van der Waals surface area contributed by atoms with Crippen molar-refractivity contribution in [2.75, 3.05) is 7.11 Å². The molecule has 0 bridgehead atoms. The van der Waals surface area contributed by atoms with Gasteiger partial charge in [-0.15, -0.1) is 0 Å². The SMILES string of the molecule is COc1cc(/C=N/NC(=O)c2cccc3ccccc23)ccc1OCc1ccc(C(=O)O)cc1. The molecular formula is C27H22N2O5. The summed E-state index contributed by atoms with van der Waals surface area (Å²) in [5, 5.41) is 14.9. The number of aromatic carboxylic acids is 1. The maximum Gasteiger partial charge on any atom is 0.335 e. The first-order valence-corrected chi connectivity index (χ1v) is 10.5. The Morgan fingerprint density at radius 1 is 0.941 bits per heavy atom. The Bertz CT molecular complexity index is 1360. The van der Waals surface area contributed by atoms with Crippen molar-refractivity contribution in [2.24, 2.45) is 5.10 Å². The Morgan fingerprint density at radius 3 is 2.47 bits per heavy atom. The van der Waals surface area contributed by atoms with Gasteiger partial charge in [0, 0.05) is 5.56 Å². The molecule has 0 spiro atoms. The van der Waals surface area contributed by atoms with E-state index in [-0.39, 0.29) is 18.1 Å². The molecule has 0 unspecified atom stereocenters. The molecule has 1 amide bonds. The molecule has 7 heteroatoms. The van der Waals surface area contributed by atoms with Gasteiger partial charge in [-0.3, -0.25) is 4.79 Å². The molecule has 4 aromatic rings. The number of carboxylic acid groups (broad SMARTS) is 1. The van der Waals surface area contributed by atoms with E-state index in [4.69, 9.17) is 14.6 Å². The van der Waals surface area contributed by atoms with Crippen molar-refractivity contribution >= 4 is 28.9 Å². The van der Waals surface area contributed by atoms with Crippen LogP contribution in [0.3, 0.4) is 0 Å². The van der Waals surface area contributed by atoms with Crippen LogP contribution in [-0.2, 0) is 6.61 Å². The van der Waals surface area contributed by atoms with E-state index >= 15 is 0 Å². The molecule has 2 N–H and O–H groups in total. The van der Waals surface area contributed by atoms with Crippen molar-refractivity contribution in [3.05, 3.63) is 107 Å². The van der Waals surface area contributed by atoms with E-state index in [2.05, 4.69) is 10.5 Å². The van der Waals surface area contributed by atoms with E-state index in [1.54, 1.807) is 36.4 Å². The Morgan fingerprint density at radius 2 is 1.71 bits per heavy atom. The molecule has 0 radical (unpaired) electrons. The third-order valence-corrected chi connectivity index (χ3v) is 5.20. The molecule has 0 atom stereocenters. The maximum absolute atomic E-state index is 12.6. The standard InChI is InChI=1S/C27H22N2O5/c1-33-25-15-19(11-14-24(25)34-17-18-9-12-21(13-10-18)27(31)32)16-28-29-26(30)23-8-4-6-20-5-2-3-7-22(20)23/h2-16H,17H2,1H3,(H,29,30)(H,31,32)/b28-16+. The van der Waals surface area contributed by atoms with Gasteiger partial charge in [-0.25, -0.2) is 10.2 Å². The van der Waals surface area contributed by atoms with Gasteiger partial charge in [0.05, 0.1) is 18.9 Å². The summed E-state index contributed by atoms with van der Waals surface area (Å²) in [7, 11) is 1.53. The zero-order valence-electron chi connectivity index (χ0n) is 18.4. The molecule has 0 aliphatic carbocycles. The van der Waals surface area contributed by atoms with Gasteiger partial charge >= 0.3 is 5.97 Å². The van der Waals surface area contributed by atoms with E-state index in [9.17, 15) is 9.59 Å². The number of methoxy groups -OCH3 is 1. The molecule has 0 aromatic heterocycles. The number of hydrazone groups is 1. The molecule has 0 saturated carbocycles. The number of amides is 1. The fraction of sp³-hybridized carbons (Fsp3) is 0.0741. The smallest absolute Gasteiger partial charge is 0.335 e. The van der Waals surface area contributed by atoms with Crippen LogP contribution < -0.4 is 14.9 Å². The number of fused-ring (bicyclic) bond motifs is 1. The van der Waals surface area contributed by atoms with Crippen molar-refractivity contribution in [3.8, 4) is 11.5 Å². The van der Waals surface area contributed by atoms with Gasteiger partial charge in [-0.2, -0.15) is 5.10 Å². The number of benzene rings is 4. The van der Waals surface area contributed by atoms with Crippen LogP contribution in [0.25, 0.3) is 10.8 Å². The molecule has 0 aliphatic heterocycles. The van der Waals surface area contributed by atoms with Crippen LogP contribution in [0.2, 0.25) is 0 Å². The van der Waals surface area contributed by atoms with Crippen molar-refractivity contribution in [1.29, 1.82) is 0 Å². The van der Waals surface area contributed by atoms with Crippen LogP contribution >= 0.6 is 0 Å². The van der Waals surface area contributed by atoms with Gasteiger partial charge in [0.25, 0.3) is 5.91 Å². The molecule has 34 heavy (non-hydrogen) atoms. The van der Waals surface area contributed by atoms with Crippen molar-refractivity contribution < 1.29 is 24.2 Å². The highest BCUT2D eigenvalue weighted by atomic mass is 16.5. The van der Waals surface area contributed by atoms with E-state index < -0.39 is 5.97 Å². The van der Waals surface area contributed by atoms with Crippen LogP contribution in [0.4, 0.5) is 0 Å². The molecule has 0 aliphatic rings. The summed E-state index contributed by atoms with van der Waals surface area (Å²) in [6.07, 6.45) is 1.53. The van der Waals surface area contributed by atoms with Gasteiger partial charge in [-0.1, -0.05) is 48.5 Å². The maximum atomic E-state index is 12.6. The summed E-state index contributed by atoms with van der Waals surface area (Å²) >= 11 is 0. The van der Waals surface area contributed by atoms with Crippen molar-refractivity contribution in [1.82, 2.24) is 5.43 Å².